The summed E-state index contributed by atoms with van der Waals surface area (Å²) in [7, 11) is 1.97. The molecule has 0 spiro atoms. The molecule has 3 rings (SSSR count). The molecule has 0 radical (unpaired) electrons. The zero-order valence-electron chi connectivity index (χ0n) is 20.3. The van der Waals surface area contributed by atoms with Gasteiger partial charge in [-0.2, -0.15) is 0 Å². The second kappa shape index (κ2) is 14.3. The Morgan fingerprint density at radius 3 is 2.00 bits per heavy atom. The predicted molar refractivity (Wildman–Crippen MR) is 146 cm³/mol. The van der Waals surface area contributed by atoms with Crippen LogP contribution in [0.25, 0.3) is 11.1 Å². The minimum Gasteiger partial charge on any atom is -0.493 e. The van der Waals surface area contributed by atoms with Crippen molar-refractivity contribution in [1.29, 1.82) is 0 Å². The first-order valence-corrected chi connectivity index (χ1v) is 11.7. The summed E-state index contributed by atoms with van der Waals surface area (Å²) in [5.74, 6) is 1.71. The van der Waals surface area contributed by atoms with E-state index in [0.717, 1.165) is 48.4 Å². The summed E-state index contributed by atoms with van der Waals surface area (Å²) in [6.45, 7) is 11.3. The van der Waals surface area contributed by atoms with E-state index in [-0.39, 0.29) is 18.5 Å². The molecule has 1 atom stereocenters. The summed E-state index contributed by atoms with van der Waals surface area (Å²) < 4.78 is 12.7. The molecule has 0 aromatic heterocycles. The number of halogens is 1. The molecule has 0 aliphatic heterocycles. The Balaban J connectivity index is 0.00000408. The first-order chi connectivity index (χ1) is 16.2. The number of hydrogen-bond acceptors (Lipinski definition) is 3. The fourth-order valence-electron chi connectivity index (χ4n) is 3.94. The van der Waals surface area contributed by atoms with Crippen molar-refractivity contribution in [2.75, 3.05) is 20.2 Å². The van der Waals surface area contributed by atoms with Crippen LogP contribution < -0.4 is 14.8 Å². The van der Waals surface area contributed by atoms with Crippen molar-refractivity contribution < 1.29 is 9.47 Å². The molecule has 0 saturated heterocycles. The highest BCUT2D eigenvalue weighted by molar-refractivity contribution is 5.85. The number of hydrogen-bond donors (Lipinski definition) is 1. The van der Waals surface area contributed by atoms with E-state index in [9.17, 15) is 0 Å². The molecule has 180 valence electrons. The van der Waals surface area contributed by atoms with E-state index in [1.165, 1.54) is 16.7 Å². The van der Waals surface area contributed by atoms with Crippen molar-refractivity contribution in [3.8, 4) is 22.6 Å². The highest BCUT2D eigenvalue weighted by Gasteiger charge is 2.19. The Bertz CT molecular complexity index is 1050. The third-order valence-electron chi connectivity index (χ3n) is 5.54. The van der Waals surface area contributed by atoms with Crippen LogP contribution >= 0.6 is 12.4 Å². The minimum absolute atomic E-state index is 0. The Morgan fingerprint density at radius 2 is 1.44 bits per heavy atom. The Hall–Kier alpha value is -3.01. The number of ether oxygens (including phenoxy) is 2. The van der Waals surface area contributed by atoms with Crippen LogP contribution in [-0.4, -0.2) is 20.2 Å². The van der Waals surface area contributed by atoms with Gasteiger partial charge >= 0.3 is 0 Å². The molecule has 0 bridgehead atoms. The van der Waals surface area contributed by atoms with Crippen molar-refractivity contribution in [2.24, 2.45) is 0 Å². The van der Waals surface area contributed by atoms with Crippen LogP contribution in [0.2, 0.25) is 0 Å². The Morgan fingerprint density at radius 1 is 0.853 bits per heavy atom. The quantitative estimate of drug-likeness (QED) is 0.261. The standard InChI is InChI=1S/C30H35NO2.ClH/c1-5-11-23-15-17-29(32-7-3)26(21-23)27-22-24(12-6-2)16-18-30(27)33-28(19-20-31-4)25-13-9-8-10-14-25;/h5-6,8-10,13-18,21-22,28,31H,1-2,7,11-12,19-20H2,3-4H3;1H. The molecule has 0 fully saturated rings. The first-order valence-electron chi connectivity index (χ1n) is 11.7. The van der Waals surface area contributed by atoms with Crippen LogP contribution in [-0.2, 0) is 12.8 Å². The van der Waals surface area contributed by atoms with Crippen molar-refractivity contribution in [1.82, 2.24) is 5.32 Å². The van der Waals surface area contributed by atoms with Crippen LogP contribution in [0, 0.1) is 0 Å². The van der Waals surface area contributed by atoms with Crippen LogP contribution in [0.4, 0.5) is 0 Å². The van der Waals surface area contributed by atoms with Crippen LogP contribution in [0.5, 0.6) is 11.5 Å². The molecule has 0 heterocycles. The zero-order valence-corrected chi connectivity index (χ0v) is 21.1. The molecule has 3 nitrogen and oxygen atoms in total. The molecule has 1 N–H and O–H groups in total. The lowest BCUT2D eigenvalue weighted by atomic mass is 9.96. The number of benzene rings is 3. The zero-order chi connectivity index (χ0) is 23.5. The lowest BCUT2D eigenvalue weighted by molar-refractivity contribution is 0.196. The topological polar surface area (TPSA) is 30.5 Å². The van der Waals surface area contributed by atoms with Crippen LogP contribution in [0.1, 0.15) is 36.1 Å². The molecule has 0 amide bonds. The highest BCUT2D eigenvalue weighted by atomic mass is 35.5. The Kier molecular flexibility index (Phi) is 11.5. The lowest BCUT2D eigenvalue weighted by Gasteiger charge is -2.23. The van der Waals surface area contributed by atoms with Crippen molar-refractivity contribution >= 4 is 12.4 Å². The van der Waals surface area contributed by atoms with Gasteiger partial charge in [0.25, 0.3) is 0 Å². The fraction of sp³-hybridized carbons (Fsp3) is 0.267. The number of rotatable bonds is 13. The van der Waals surface area contributed by atoms with Gasteiger partial charge in [0.1, 0.15) is 17.6 Å². The van der Waals surface area contributed by atoms with Crippen molar-refractivity contribution in [2.45, 2.75) is 32.3 Å². The monoisotopic (exact) mass is 477 g/mol. The van der Waals surface area contributed by atoms with Crippen molar-refractivity contribution in [3.05, 3.63) is 109 Å². The maximum absolute atomic E-state index is 6.71. The van der Waals surface area contributed by atoms with E-state index in [2.05, 4.69) is 79.1 Å². The van der Waals surface area contributed by atoms with Gasteiger partial charge in [-0.1, -0.05) is 54.6 Å². The van der Waals surface area contributed by atoms with E-state index < -0.39 is 0 Å². The smallest absolute Gasteiger partial charge is 0.128 e. The third kappa shape index (κ3) is 7.24. The summed E-state index contributed by atoms with van der Waals surface area (Å²) in [4.78, 5) is 0. The van der Waals surface area contributed by atoms with Gasteiger partial charge in [-0.25, -0.2) is 0 Å². The molecular formula is C30H36ClNO2. The summed E-state index contributed by atoms with van der Waals surface area (Å²) in [5.41, 5.74) is 5.62. The molecule has 4 heteroatoms. The molecule has 0 aliphatic rings. The van der Waals surface area contributed by atoms with Gasteiger partial charge in [0.2, 0.25) is 0 Å². The number of nitrogens with one attached hydrogen (secondary N) is 1. The van der Waals surface area contributed by atoms with E-state index in [1.807, 2.05) is 32.2 Å². The molecule has 3 aromatic carbocycles. The fourth-order valence-corrected chi connectivity index (χ4v) is 3.94. The molecule has 1 unspecified atom stereocenters. The van der Waals surface area contributed by atoms with E-state index >= 15 is 0 Å². The first kappa shape index (κ1) is 27.2. The number of allylic oxidation sites excluding steroid dienone is 2. The van der Waals surface area contributed by atoms with Gasteiger partial charge in [0.05, 0.1) is 6.61 Å². The van der Waals surface area contributed by atoms with Crippen LogP contribution in [0.3, 0.4) is 0 Å². The average molecular weight is 478 g/mol. The average Bonchev–Trinajstić information content (AvgIpc) is 2.84. The second-order valence-electron chi connectivity index (χ2n) is 7.99. The highest BCUT2D eigenvalue weighted by Crippen LogP contribution is 2.40. The van der Waals surface area contributed by atoms with Crippen LogP contribution in [0.15, 0.2) is 92.0 Å². The SMILES string of the molecule is C=CCc1ccc(OCC)c(-c2cc(CC=C)ccc2OC(CCNC)c2ccccc2)c1.Cl. The molecule has 3 aromatic rings. The third-order valence-corrected chi connectivity index (χ3v) is 5.54. The summed E-state index contributed by atoms with van der Waals surface area (Å²) in [6.07, 6.45) is 6.26. The largest absolute Gasteiger partial charge is 0.493 e. The van der Waals surface area contributed by atoms with Crippen molar-refractivity contribution in [3.63, 3.8) is 0 Å². The van der Waals surface area contributed by atoms with Gasteiger partial charge < -0.3 is 14.8 Å². The van der Waals surface area contributed by atoms with Gasteiger partial charge in [0, 0.05) is 17.5 Å². The molecule has 0 aliphatic carbocycles. The summed E-state index contributed by atoms with van der Waals surface area (Å²) >= 11 is 0. The predicted octanol–water partition coefficient (Wildman–Crippen LogP) is 7.36. The maximum Gasteiger partial charge on any atom is 0.128 e. The van der Waals surface area contributed by atoms with Gasteiger partial charge in [-0.05, 0) is 74.3 Å². The van der Waals surface area contributed by atoms with E-state index in [0.29, 0.717) is 6.61 Å². The minimum atomic E-state index is -0.0606. The van der Waals surface area contributed by atoms with Gasteiger partial charge in [0.15, 0.2) is 0 Å². The van der Waals surface area contributed by atoms with Gasteiger partial charge in [-0.15, -0.1) is 25.6 Å². The van der Waals surface area contributed by atoms with Gasteiger partial charge in [-0.3, -0.25) is 0 Å². The lowest BCUT2D eigenvalue weighted by Crippen LogP contribution is -2.16. The second-order valence-corrected chi connectivity index (χ2v) is 7.99. The van der Waals surface area contributed by atoms with E-state index in [4.69, 9.17) is 9.47 Å². The summed E-state index contributed by atoms with van der Waals surface area (Å²) in [5, 5.41) is 3.25. The Labute approximate surface area is 210 Å². The molecule has 34 heavy (non-hydrogen) atoms. The molecular weight excluding hydrogens is 442 g/mol. The normalized spacial score (nSPS) is 11.2. The molecule has 0 saturated carbocycles. The van der Waals surface area contributed by atoms with E-state index in [1.54, 1.807) is 0 Å². The maximum atomic E-state index is 6.71. The summed E-state index contributed by atoms with van der Waals surface area (Å²) in [6, 6.07) is 23.2.